The minimum Gasteiger partial charge on any atom is -0.342 e. The molecule has 8 heteroatoms. The Morgan fingerprint density at radius 3 is 2.52 bits per heavy atom. The lowest BCUT2D eigenvalue weighted by atomic mass is 9.86. The molecule has 0 radical (unpaired) electrons. The lowest BCUT2D eigenvalue weighted by molar-refractivity contribution is -0.135. The molecule has 5 nitrogen and oxygen atoms in total. The minimum atomic E-state index is -0.455. The Morgan fingerprint density at radius 1 is 1.07 bits per heavy atom. The summed E-state index contributed by atoms with van der Waals surface area (Å²) in [6.07, 6.45) is 4.79. The van der Waals surface area contributed by atoms with Crippen LogP contribution in [0.3, 0.4) is 0 Å². The van der Waals surface area contributed by atoms with Gasteiger partial charge in [-0.3, -0.25) is 4.79 Å². The number of piperidine rings is 1. The number of fused-ring (bicyclic) bond motifs is 1. The number of carbonyl (C=O) groups excluding carboxylic acids is 1. The van der Waals surface area contributed by atoms with Crippen LogP contribution < -0.4 is 0 Å². The first-order chi connectivity index (χ1) is 13.0. The lowest BCUT2D eigenvalue weighted by Gasteiger charge is -2.36. The second kappa shape index (κ2) is 7.46. The van der Waals surface area contributed by atoms with Crippen LogP contribution in [0.2, 0.25) is 15.1 Å². The first-order valence-corrected chi connectivity index (χ1v) is 10.1. The average Bonchev–Trinajstić information content (AvgIpc) is 3.03. The average molecular weight is 426 g/mol. The van der Waals surface area contributed by atoms with Crippen LogP contribution in [0.4, 0.5) is 5.82 Å². The molecule has 1 saturated heterocycles. The van der Waals surface area contributed by atoms with E-state index in [1.807, 2.05) is 17.9 Å². The van der Waals surface area contributed by atoms with Crippen LogP contribution in [0.25, 0.3) is 0 Å². The molecule has 3 heterocycles. The van der Waals surface area contributed by atoms with Gasteiger partial charge in [0.2, 0.25) is 5.91 Å². The SMILES string of the molecule is CC1=Nc2c(Cl)cnn2C(c2ccc(Cl)c(Cl)c2)C1C(=O)N1CCCCC1. The van der Waals surface area contributed by atoms with Crippen molar-refractivity contribution in [3.05, 3.63) is 45.0 Å². The van der Waals surface area contributed by atoms with Gasteiger partial charge in [0.25, 0.3) is 0 Å². The number of halogens is 3. The van der Waals surface area contributed by atoms with Crippen LogP contribution in [-0.4, -0.2) is 39.4 Å². The van der Waals surface area contributed by atoms with Gasteiger partial charge < -0.3 is 4.90 Å². The summed E-state index contributed by atoms with van der Waals surface area (Å²) in [5.41, 5.74) is 1.59. The molecule has 0 saturated carbocycles. The van der Waals surface area contributed by atoms with Gasteiger partial charge in [-0.2, -0.15) is 5.10 Å². The predicted octanol–water partition coefficient (Wildman–Crippen LogP) is 5.17. The third-order valence-electron chi connectivity index (χ3n) is 5.26. The normalized spacial score (nSPS) is 22.4. The van der Waals surface area contributed by atoms with E-state index in [-0.39, 0.29) is 11.9 Å². The van der Waals surface area contributed by atoms with Crippen molar-refractivity contribution in [2.24, 2.45) is 10.9 Å². The number of nitrogens with zero attached hydrogens (tertiary/aromatic N) is 4. The van der Waals surface area contributed by atoms with Gasteiger partial charge in [0, 0.05) is 18.8 Å². The monoisotopic (exact) mass is 424 g/mol. The summed E-state index contributed by atoms with van der Waals surface area (Å²) < 4.78 is 1.72. The summed E-state index contributed by atoms with van der Waals surface area (Å²) in [5.74, 6) is 0.182. The van der Waals surface area contributed by atoms with Crippen molar-refractivity contribution < 1.29 is 4.79 Å². The second-order valence-electron chi connectivity index (χ2n) is 7.00. The molecular formula is C19H19Cl3N4O. The summed E-state index contributed by atoms with van der Waals surface area (Å²) in [6.45, 7) is 3.44. The fourth-order valence-electron chi connectivity index (χ4n) is 3.90. The van der Waals surface area contributed by atoms with Crippen LogP contribution in [0.5, 0.6) is 0 Å². The number of carbonyl (C=O) groups is 1. The maximum Gasteiger partial charge on any atom is 0.233 e. The van der Waals surface area contributed by atoms with Crippen LogP contribution >= 0.6 is 34.8 Å². The Labute approximate surface area is 172 Å². The van der Waals surface area contributed by atoms with E-state index < -0.39 is 5.92 Å². The topological polar surface area (TPSA) is 50.5 Å². The first-order valence-electron chi connectivity index (χ1n) is 8.99. The fourth-order valence-corrected chi connectivity index (χ4v) is 4.38. The molecular weight excluding hydrogens is 407 g/mol. The molecule has 1 aromatic carbocycles. The highest BCUT2D eigenvalue weighted by Crippen LogP contribution is 2.41. The zero-order valence-electron chi connectivity index (χ0n) is 14.8. The van der Waals surface area contributed by atoms with Crippen molar-refractivity contribution in [2.75, 3.05) is 13.1 Å². The van der Waals surface area contributed by atoms with E-state index in [0.717, 1.165) is 43.6 Å². The molecule has 2 atom stereocenters. The second-order valence-corrected chi connectivity index (χ2v) is 8.22. The number of rotatable bonds is 2. The molecule has 0 aliphatic carbocycles. The minimum absolute atomic E-state index is 0.0734. The quantitative estimate of drug-likeness (QED) is 0.666. The maximum atomic E-state index is 13.4. The highest BCUT2D eigenvalue weighted by molar-refractivity contribution is 6.42. The van der Waals surface area contributed by atoms with Crippen molar-refractivity contribution in [3.8, 4) is 0 Å². The number of aliphatic imine (C=N–C) groups is 1. The van der Waals surface area contributed by atoms with Crippen molar-refractivity contribution >= 4 is 52.2 Å². The van der Waals surface area contributed by atoms with Crippen LogP contribution in [0.1, 0.15) is 37.8 Å². The van der Waals surface area contributed by atoms with E-state index in [1.54, 1.807) is 23.0 Å². The van der Waals surface area contributed by atoms with Gasteiger partial charge in [-0.25, -0.2) is 9.67 Å². The summed E-state index contributed by atoms with van der Waals surface area (Å²) in [7, 11) is 0. The molecule has 1 amide bonds. The smallest absolute Gasteiger partial charge is 0.233 e. The third-order valence-corrected chi connectivity index (χ3v) is 6.26. The predicted molar refractivity (Wildman–Crippen MR) is 109 cm³/mol. The molecule has 2 aliphatic rings. The van der Waals surface area contributed by atoms with Gasteiger partial charge in [-0.1, -0.05) is 40.9 Å². The molecule has 1 aromatic heterocycles. The van der Waals surface area contributed by atoms with Gasteiger partial charge in [-0.15, -0.1) is 0 Å². The first kappa shape index (κ1) is 18.8. The summed E-state index contributed by atoms with van der Waals surface area (Å²) in [6, 6.07) is 5.05. The Hall–Kier alpha value is -1.56. The molecule has 2 aromatic rings. The van der Waals surface area contributed by atoms with E-state index in [4.69, 9.17) is 34.8 Å². The largest absolute Gasteiger partial charge is 0.342 e. The molecule has 142 valence electrons. The Morgan fingerprint density at radius 2 is 1.81 bits per heavy atom. The summed E-state index contributed by atoms with van der Waals surface area (Å²) in [4.78, 5) is 20.0. The molecule has 2 unspecified atom stereocenters. The number of aromatic nitrogens is 2. The Kier molecular flexibility index (Phi) is 5.19. The van der Waals surface area contributed by atoms with Gasteiger partial charge in [0.15, 0.2) is 5.82 Å². The van der Waals surface area contributed by atoms with E-state index in [9.17, 15) is 4.79 Å². The number of likely N-dealkylation sites (tertiary alicyclic amines) is 1. The molecule has 2 aliphatic heterocycles. The van der Waals surface area contributed by atoms with Crippen LogP contribution in [-0.2, 0) is 4.79 Å². The standard InChI is InChI=1S/C19H19Cl3N4O/c1-11-16(19(27)25-7-3-2-4-8-25)17(12-5-6-13(20)14(21)9-12)26-18(24-11)15(22)10-23-26/h5-6,9-10,16-17H,2-4,7-8H2,1H3. The van der Waals surface area contributed by atoms with Crippen LogP contribution in [0, 0.1) is 5.92 Å². The molecule has 0 bridgehead atoms. The van der Waals surface area contributed by atoms with E-state index >= 15 is 0 Å². The Bertz CT molecular complexity index is 918. The number of hydrogen-bond donors (Lipinski definition) is 0. The van der Waals surface area contributed by atoms with Crippen molar-refractivity contribution in [1.82, 2.24) is 14.7 Å². The number of benzene rings is 1. The lowest BCUT2D eigenvalue weighted by Crippen LogP contribution is -2.46. The summed E-state index contributed by atoms with van der Waals surface area (Å²) in [5, 5.41) is 5.79. The fraction of sp³-hybridized carbons (Fsp3) is 0.421. The van der Waals surface area contributed by atoms with Gasteiger partial charge in [0.1, 0.15) is 10.9 Å². The molecule has 27 heavy (non-hydrogen) atoms. The van der Waals surface area contributed by atoms with Crippen molar-refractivity contribution in [1.29, 1.82) is 0 Å². The molecule has 0 spiro atoms. The molecule has 4 rings (SSSR count). The van der Waals surface area contributed by atoms with E-state index in [1.165, 1.54) is 0 Å². The molecule has 0 N–H and O–H groups in total. The summed E-state index contributed by atoms with van der Waals surface area (Å²) >= 11 is 18.6. The number of amides is 1. The van der Waals surface area contributed by atoms with Gasteiger partial charge in [-0.05, 0) is 43.9 Å². The van der Waals surface area contributed by atoms with E-state index in [0.29, 0.717) is 20.9 Å². The highest BCUT2D eigenvalue weighted by atomic mass is 35.5. The van der Waals surface area contributed by atoms with Crippen molar-refractivity contribution in [3.63, 3.8) is 0 Å². The van der Waals surface area contributed by atoms with Crippen LogP contribution in [0.15, 0.2) is 29.4 Å². The third kappa shape index (κ3) is 3.37. The zero-order chi connectivity index (χ0) is 19.1. The highest BCUT2D eigenvalue weighted by Gasteiger charge is 2.41. The zero-order valence-corrected chi connectivity index (χ0v) is 17.1. The van der Waals surface area contributed by atoms with Gasteiger partial charge >= 0.3 is 0 Å². The molecule has 1 fully saturated rings. The number of hydrogen-bond acceptors (Lipinski definition) is 3. The maximum absolute atomic E-state index is 13.4. The van der Waals surface area contributed by atoms with Gasteiger partial charge in [0.05, 0.1) is 22.3 Å². The van der Waals surface area contributed by atoms with E-state index in [2.05, 4.69) is 10.1 Å². The Balaban J connectivity index is 1.82. The van der Waals surface area contributed by atoms with Crippen molar-refractivity contribution in [2.45, 2.75) is 32.2 Å².